The van der Waals surface area contributed by atoms with E-state index in [4.69, 9.17) is 14.2 Å². The van der Waals surface area contributed by atoms with Crippen LogP contribution in [-0.2, 0) is 20.8 Å². The zero-order chi connectivity index (χ0) is 17.6. The minimum absolute atomic E-state index is 0.261. The molecular weight excluding hydrogens is 319 g/mol. The fourth-order valence-electron chi connectivity index (χ4n) is 3.25. The van der Waals surface area contributed by atoms with E-state index in [0.29, 0.717) is 24.7 Å². The number of hydrogen-bond acceptors (Lipinski definition) is 3. The number of rotatable bonds is 6. The van der Waals surface area contributed by atoms with Crippen LogP contribution < -0.4 is 0 Å². The van der Waals surface area contributed by atoms with Gasteiger partial charge in [0.1, 0.15) is 5.82 Å². The van der Waals surface area contributed by atoms with Crippen molar-refractivity contribution in [2.24, 2.45) is 5.92 Å². The van der Waals surface area contributed by atoms with Gasteiger partial charge in [0.25, 0.3) is 0 Å². The first-order valence-electron chi connectivity index (χ1n) is 8.82. The standard InChI is InChI=1S/C21H25FO3/c1-3-6-15-12-24-21(25-13-15)19-8-5-4-7-18(19)16-9-10-17(14-23-2)20(22)11-16/h4-5,7-11,15,21H,3,6,12-14H2,1-2H3/t15-,21-. The highest BCUT2D eigenvalue weighted by atomic mass is 19.1. The van der Waals surface area contributed by atoms with Gasteiger partial charge in [0.15, 0.2) is 6.29 Å². The van der Waals surface area contributed by atoms with Crippen molar-refractivity contribution in [3.63, 3.8) is 0 Å². The Hall–Kier alpha value is -1.75. The molecule has 0 bridgehead atoms. The monoisotopic (exact) mass is 344 g/mol. The molecule has 2 aromatic carbocycles. The lowest BCUT2D eigenvalue weighted by Crippen LogP contribution is -2.27. The van der Waals surface area contributed by atoms with Gasteiger partial charge in [0, 0.05) is 24.2 Å². The molecule has 0 radical (unpaired) electrons. The molecule has 25 heavy (non-hydrogen) atoms. The maximum Gasteiger partial charge on any atom is 0.184 e. The highest BCUT2D eigenvalue weighted by Gasteiger charge is 2.25. The van der Waals surface area contributed by atoms with Gasteiger partial charge < -0.3 is 14.2 Å². The third-order valence-electron chi connectivity index (χ3n) is 4.54. The van der Waals surface area contributed by atoms with Crippen molar-refractivity contribution in [1.29, 1.82) is 0 Å². The van der Waals surface area contributed by atoms with Gasteiger partial charge >= 0.3 is 0 Å². The minimum atomic E-state index is -0.397. The van der Waals surface area contributed by atoms with E-state index in [2.05, 4.69) is 6.92 Å². The van der Waals surface area contributed by atoms with E-state index in [1.54, 1.807) is 19.2 Å². The summed E-state index contributed by atoms with van der Waals surface area (Å²) < 4.78 is 31.2. The van der Waals surface area contributed by atoms with Gasteiger partial charge in [-0.15, -0.1) is 0 Å². The average Bonchev–Trinajstić information content (AvgIpc) is 2.64. The molecule has 1 saturated heterocycles. The predicted octanol–water partition coefficient (Wildman–Crippen LogP) is 5.10. The molecule has 0 amide bonds. The van der Waals surface area contributed by atoms with Crippen LogP contribution in [0.1, 0.15) is 37.2 Å². The summed E-state index contributed by atoms with van der Waals surface area (Å²) in [6.07, 6.45) is 1.85. The largest absolute Gasteiger partial charge is 0.380 e. The lowest BCUT2D eigenvalue weighted by atomic mass is 9.97. The Morgan fingerprint density at radius 1 is 1.12 bits per heavy atom. The predicted molar refractivity (Wildman–Crippen MR) is 95.6 cm³/mol. The molecule has 0 saturated carbocycles. The third kappa shape index (κ3) is 4.27. The van der Waals surface area contributed by atoms with Crippen LogP contribution in [0.25, 0.3) is 11.1 Å². The normalized spacial score (nSPS) is 20.6. The van der Waals surface area contributed by atoms with Gasteiger partial charge in [-0.3, -0.25) is 0 Å². The van der Waals surface area contributed by atoms with E-state index >= 15 is 0 Å². The van der Waals surface area contributed by atoms with E-state index in [1.165, 1.54) is 0 Å². The lowest BCUT2D eigenvalue weighted by molar-refractivity contribution is -0.205. The van der Waals surface area contributed by atoms with Gasteiger partial charge in [0.2, 0.25) is 0 Å². The highest BCUT2D eigenvalue weighted by molar-refractivity contribution is 5.68. The summed E-state index contributed by atoms with van der Waals surface area (Å²) in [6, 6.07) is 13.1. The molecule has 1 fully saturated rings. The number of benzene rings is 2. The maximum absolute atomic E-state index is 14.3. The molecule has 3 rings (SSSR count). The van der Waals surface area contributed by atoms with Crippen molar-refractivity contribution in [1.82, 2.24) is 0 Å². The van der Waals surface area contributed by atoms with Crippen molar-refractivity contribution in [3.05, 3.63) is 59.4 Å². The van der Waals surface area contributed by atoms with Crippen LogP contribution >= 0.6 is 0 Å². The number of halogens is 1. The Morgan fingerprint density at radius 2 is 1.88 bits per heavy atom. The third-order valence-corrected chi connectivity index (χ3v) is 4.54. The van der Waals surface area contributed by atoms with E-state index < -0.39 is 6.29 Å². The molecule has 3 nitrogen and oxygen atoms in total. The molecule has 1 heterocycles. The van der Waals surface area contributed by atoms with Gasteiger partial charge in [-0.2, -0.15) is 0 Å². The first kappa shape index (κ1) is 18.1. The van der Waals surface area contributed by atoms with E-state index in [1.807, 2.05) is 30.3 Å². The summed E-state index contributed by atoms with van der Waals surface area (Å²) >= 11 is 0. The van der Waals surface area contributed by atoms with E-state index in [-0.39, 0.29) is 12.4 Å². The Kier molecular flexibility index (Phi) is 6.19. The molecule has 0 aliphatic carbocycles. The van der Waals surface area contributed by atoms with Crippen molar-refractivity contribution in [2.75, 3.05) is 20.3 Å². The van der Waals surface area contributed by atoms with Crippen LogP contribution in [0.2, 0.25) is 0 Å². The number of methoxy groups -OCH3 is 1. The van der Waals surface area contributed by atoms with Crippen molar-refractivity contribution in [2.45, 2.75) is 32.7 Å². The topological polar surface area (TPSA) is 27.7 Å². The second-order valence-electron chi connectivity index (χ2n) is 6.48. The Bertz CT molecular complexity index is 693. The first-order chi connectivity index (χ1) is 12.2. The molecule has 0 atom stereocenters. The minimum Gasteiger partial charge on any atom is -0.380 e. The Labute approximate surface area is 148 Å². The Morgan fingerprint density at radius 3 is 2.56 bits per heavy atom. The van der Waals surface area contributed by atoms with Crippen LogP contribution in [0.5, 0.6) is 0 Å². The van der Waals surface area contributed by atoms with Gasteiger partial charge in [-0.1, -0.05) is 49.7 Å². The van der Waals surface area contributed by atoms with Crippen LogP contribution in [0.4, 0.5) is 4.39 Å². The number of hydrogen-bond donors (Lipinski definition) is 0. The molecule has 0 spiro atoms. The van der Waals surface area contributed by atoms with Crippen molar-refractivity contribution in [3.8, 4) is 11.1 Å². The van der Waals surface area contributed by atoms with Crippen molar-refractivity contribution < 1.29 is 18.6 Å². The molecule has 134 valence electrons. The van der Waals surface area contributed by atoms with Gasteiger partial charge in [-0.05, 0) is 23.6 Å². The smallest absolute Gasteiger partial charge is 0.184 e. The molecule has 1 aliphatic heterocycles. The molecule has 1 aliphatic rings. The summed E-state index contributed by atoms with van der Waals surface area (Å²) in [5.41, 5.74) is 3.24. The first-order valence-corrected chi connectivity index (χ1v) is 8.82. The SMILES string of the molecule is CCC[C@H]1CO[C@H](c2ccccc2-c2ccc(COC)c(F)c2)OC1. The van der Waals surface area contributed by atoms with Crippen LogP contribution in [0.15, 0.2) is 42.5 Å². The molecule has 0 aromatic heterocycles. The average molecular weight is 344 g/mol. The number of ether oxygens (including phenoxy) is 3. The zero-order valence-electron chi connectivity index (χ0n) is 14.8. The highest BCUT2D eigenvalue weighted by Crippen LogP contribution is 2.34. The second kappa shape index (κ2) is 8.56. The Balaban J connectivity index is 1.83. The van der Waals surface area contributed by atoms with E-state index in [9.17, 15) is 4.39 Å². The second-order valence-corrected chi connectivity index (χ2v) is 6.48. The summed E-state index contributed by atoms with van der Waals surface area (Å²) in [6.45, 7) is 3.84. The van der Waals surface area contributed by atoms with Crippen LogP contribution in [0, 0.1) is 11.7 Å². The summed E-state index contributed by atoms with van der Waals surface area (Å²) in [7, 11) is 1.56. The van der Waals surface area contributed by atoms with Crippen LogP contribution in [-0.4, -0.2) is 20.3 Å². The van der Waals surface area contributed by atoms with Crippen molar-refractivity contribution >= 4 is 0 Å². The fourth-order valence-corrected chi connectivity index (χ4v) is 3.25. The summed E-state index contributed by atoms with van der Waals surface area (Å²) in [5.74, 6) is 0.196. The molecule has 2 aromatic rings. The summed E-state index contributed by atoms with van der Waals surface area (Å²) in [4.78, 5) is 0. The van der Waals surface area contributed by atoms with Gasteiger partial charge in [-0.25, -0.2) is 4.39 Å². The lowest BCUT2D eigenvalue weighted by Gasteiger charge is -2.30. The zero-order valence-corrected chi connectivity index (χ0v) is 14.8. The maximum atomic E-state index is 14.3. The molecule has 4 heteroatoms. The van der Waals surface area contributed by atoms with Gasteiger partial charge in [0.05, 0.1) is 19.8 Å². The summed E-state index contributed by atoms with van der Waals surface area (Å²) in [5, 5.41) is 0. The quantitative estimate of drug-likeness (QED) is 0.729. The molecule has 0 N–H and O–H groups in total. The van der Waals surface area contributed by atoms with E-state index in [0.717, 1.165) is 29.5 Å². The molecular formula is C21H25FO3. The molecule has 0 unspecified atom stereocenters. The van der Waals surface area contributed by atoms with Crippen LogP contribution in [0.3, 0.4) is 0 Å². The fraction of sp³-hybridized carbons (Fsp3) is 0.429.